The molecular weight excluding hydrogens is 581 g/mol. The van der Waals surface area contributed by atoms with Crippen molar-refractivity contribution in [1.29, 1.82) is 0 Å². The number of aliphatic hydroxyl groups is 3. The van der Waals surface area contributed by atoms with Gasteiger partial charge >= 0.3 is 13.4 Å². The number of aromatic nitrogens is 2. The van der Waals surface area contributed by atoms with E-state index in [1.54, 1.807) is 44.2 Å². The van der Waals surface area contributed by atoms with Crippen LogP contribution in [0.2, 0.25) is 0 Å². The first-order chi connectivity index (χ1) is 19.4. The highest BCUT2D eigenvalue weighted by molar-refractivity contribution is 8.13. The Labute approximate surface area is 239 Å². The van der Waals surface area contributed by atoms with Crippen LogP contribution >= 0.6 is 19.5 Å². The molecule has 41 heavy (non-hydrogen) atoms. The summed E-state index contributed by atoms with van der Waals surface area (Å²) in [6, 6.07) is 10.1. The first-order valence-electron chi connectivity index (χ1n) is 12.3. The molecule has 2 aromatic rings. The monoisotopic (exact) mass is 613 g/mol. The van der Waals surface area contributed by atoms with Crippen LogP contribution in [0.5, 0.6) is 0 Å². The summed E-state index contributed by atoms with van der Waals surface area (Å²) in [5.74, 6) is -0.0248. The molecule has 0 bridgehead atoms. The zero-order chi connectivity index (χ0) is 30.3. The lowest BCUT2D eigenvalue weighted by Crippen LogP contribution is -2.45. The molecule has 6 N–H and O–H groups in total. The van der Waals surface area contributed by atoms with Gasteiger partial charge in [0.05, 0.1) is 25.2 Å². The normalized spacial score (nSPS) is 24.0. The fourth-order valence-electron chi connectivity index (χ4n) is 3.56. The lowest BCUT2D eigenvalue weighted by atomic mass is 9.97. The molecule has 224 valence electrons. The Morgan fingerprint density at radius 1 is 1.34 bits per heavy atom. The van der Waals surface area contributed by atoms with E-state index < -0.39 is 49.6 Å². The fourth-order valence-corrected chi connectivity index (χ4v) is 5.81. The Kier molecular flexibility index (Phi) is 11.1. The Bertz CT molecular complexity index is 1360. The molecule has 0 saturated carbocycles. The van der Waals surface area contributed by atoms with Crippen molar-refractivity contribution in [3.05, 3.63) is 69.1 Å². The Balaban J connectivity index is 1.78. The number of ether oxygens (including phenoxy) is 1. The van der Waals surface area contributed by atoms with E-state index in [1.165, 1.54) is 12.3 Å². The number of nitrogens with one attached hydrogen (secondary N) is 1. The zero-order valence-corrected chi connectivity index (χ0v) is 24.0. The molecule has 1 saturated heterocycles. The Morgan fingerprint density at radius 3 is 2.68 bits per heavy atom. The molecule has 1 aliphatic rings. The van der Waals surface area contributed by atoms with Gasteiger partial charge in [-0.3, -0.25) is 18.4 Å². The molecule has 0 radical (unpaired) electrons. The standard InChI is InChI=1S/C23H32N7O9PS/c1-22(2,13-31)20(34)41-11-10-37-40(36,26-12-15-6-4-3-5-7-15)38-14-23(28-29-25)18(33)17(32)19(39-23)30-9-8-16(24)27-21(30)35/h3-9,17-19,31-33H,10-14H2,1-2H3,(H,26,36)(H2,24,27,35)/t17?,18?,19-,23-,40?/m1/s1. The maximum atomic E-state index is 13.7. The topological polar surface area (TPSA) is 244 Å². The van der Waals surface area contributed by atoms with Gasteiger partial charge in [0.25, 0.3) is 0 Å². The number of nitrogen functional groups attached to an aromatic ring is 1. The zero-order valence-electron chi connectivity index (χ0n) is 22.3. The van der Waals surface area contributed by atoms with Crippen LogP contribution in [0.15, 0.2) is 52.5 Å². The SMILES string of the molecule is CC(C)(CO)C(=O)SCCOP(=O)(NCc1ccccc1)OC[C@@]1(N=[N+]=[N-])O[C@@H](n2ccc(N)nc2=O)C(O)C1O. The molecular formula is C23H32N7O9PS. The third-order valence-corrected chi connectivity index (χ3v) is 8.75. The van der Waals surface area contributed by atoms with Crippen molar-refractivity contribution in [3.8, 4) is 0 Å². The Hall–Kier alpha value is -2.82. The molecule has 1 aliphatic heterocycles. The van der Waals surface area contributed by atoms with Gasteiger partial charge in [-0.1, -0.05) is 47.2 Å². The summed E-state index contributed by atoms with van der Waals surface area (Å²) < 4.78 is 31.3. The molecule has 1 aromatic carbocycles. The molecule has 2 heterocycles. The highest BCUT2D eigenvalue weighted by atomic mass is 32.2. The molecule has 1 aromatic heterocycles. The fraction of sp³-hybridized carbons (Fsp3) is 0.522. The number of carbonyl (C=O) groups excluding carboxylic acids is 1. The minimum atomic E-state index is -4.24. The molecule has 16 nitrogen and oxygen atoms in total. The minimum absolute atomic E-state index is 0.0252. The summed E-state index contributed by atoms with van der Waals surface area (Å²) in [6.45, 7) is 1.73. The van der Waals surface area contributed by atoms with Gasteiger partial charge in [-0.05, 0) is 31.0 Å². The van der Waals surface area contributed by atoms with Gasteiger partial charge in [0, 0.05) is 23.4 Å². The number of carbonyl (C=O) groups is 1. The van der Waals surface area contributed by atoms with Gasteiger partial charge in [0.1, 0.15) is 18.0 Å². The molecule has 0 amide bonds. The van der Waals surface area contributed by atoms with E-state index in [4.69, 9.17) is 19.5 Å². The van der Waals surface area contributed by atoms with Crippen LogP contribution in [-0.2, 0) is 29.7 Å². The molecule has 5 atom stereocenters. The van der Waals surface area contributed by atoms with Crippen molar-refractivity contribution in [2.75, 3.05) is 31.3 Å². The number of hydrogen-bond donors (Lipinski definition) is 5. The number of hydrogen-bond acceptors (Lipinski definition) is 13. The Morgan fingerprint density at radius 2 is 2.05 bits per heavy atom. The van der Waals surface area contributed by atoms with Crippen molar-refractivity contribution < 1.29 is 38.5 Å². The van der Waals surface area contributed by atoms with Crippen molar-refractivity contribution >= 4 is 30.4 Å². The number of thioether (sulfide) groups is 1. The first-order valence-corrected chi connectivity index (χ1v) is 14.8. The second-order valence-electron chi connectivity index (χ2n) is 9.62. The molecule has 1 fully saturated rings. The van der Waals surface area contributed by atoms with E-state index in [-0.39, 0.29) is 36.4 Å². The molecule has 18 heteroatoms. The van der Waals surface area contributed by atoms with Crippen molar-refractivity contribution in [2.45, 2.75) is 44.6 Å². The van der Waals surface area contributed by atoms with Crippen LogP contribution in [0.4, 0.5) is 5.82 Å². The summed E-state index contributed by atoms with van der Waals surface area (Å²) in [4.78, 5) is 30.8. The minimum Gasteiger partial charge on any atom is -0.395 e. The van der Waals surface area contributed by atoms with Crippen LogP contribution in [0.3, 0.4) is 0 Å². The second-order valence-corrected chi connectivity index (χ2v) is 12.5. The van der Waals surface area contributed by atoms with E-state index in [9.17, 15) is 35.0 Å². The van der Waals surface area contributed by atoms with Gasteiger partial charge in [0.2, 0.25) is 5.72 Å². The smallest absolute Gasteiger partial charge is 0.395 e. The van der Waals surface area contributed by atoms with Gasteiger partial charge in [0.15, 0.2) is 11.3 Å². The van der Waals surface area contributed by atoms with E-state index in [0.29, 0.717) is 0 Å². The number of aliphatic hydroxyl groups excluding tert-OH is 3. The van der Waals surface area contributed by atoms with Crippen LogP contribution in [-0.4, -0.2) is 73.5 Å². The maximum absolute atomic E-state index is 13.7. The number of nitrogens with two attached hydrogens (primary N) is 1. The summed E-state index contributed by atoms with van der Waals surface area (Å²) in [5.41, 5.74) is 11.2. The summed E-state index contributed by atoms with van der Waals surface area (Å²) >= 11 is 0.875. The average Bonchev–Trinajstić information content (AvgIpc) is 3.19. The highest BCUT2D eigenvalue weighted by Gasteiger charge is 2.56. The van der Waals surface area contributed by atoms with E-state index in [2.05, 4.69) is 20.1 Å². The van der Waals surface area contributed by atoms with Crippen LogP contribution in [0.1, 0.15) is 25.6 Å². The van der Waals surface area contributed by atoms with Gasteiger partial charge < -0.3 is 25.8 Å². The van der Waals surface area contributed by atoms with Crippen LogP contribution in [0, 0.1) is 5.41 Å². The van der Waals surface area contributed by atoms with Crippen LogP contribution < -0.4 is 16.5 Å². The predicted molar refractivity (Wildman–Crippen MR) is 148 cm³/mol. The van der Waals surface area contributed by atoms with Gasteiger partial charge in [-0.25, -0.2) is 14.4 Å². The average molecular weight is 614 g/mol. The predicted octanol–water partition coefficient (Wildman–Crippen LogP) is 1.29. The number of nitrogens with zero attached hydrogens (tertiary/aromatic N) is 5. The molecule has 0 spiro atoms. The van der Waals surface area contributed by atoms with E-state index in [1.807, 2.05) is 0 Å². The van der Waals surface area contributed by atoms with Crippen LogP contribution in [0.25, 0.3) is 10.4 Å². The lowest BCUT2D eigenvalue weighted by molar-refractivity contribution is -0.122. The number of azide groups is 1. The molecule has 0 aliphatic carbocycles. The number of benzene rings is 1. The third kappa shape index (κ3) is 8.14. The van der Waals surface area contributed by atoms with E-state index in [0.717, 1.165) is 21.9 Å². The largest absolute Gasteiger partial charge is 0.405 e. The molecule has 3 unspecified atom stereocenters. The second kappa shape index (κ2) is 13.9. The maximum Gasteiger partial charge on any atom is 0.405 e. The first kappa shape index (κ1) is 32.7. The summed E-state index contributed by atoms with van der Waals surface area (Å²) in [7, 11) is -4.24. The number of anilines is 1. The summed E-state index contributed by atoms with van der Waals surface area (Å²) in [6.07, 6.45) is -4.11. The van der Waals surface area contributed by atoms with Crippen molar-refractivity contribution in [3.63, 3.8) is 0 Å². The quantitative estimate of drug-likeness (QED) is 0.0664. The van der Waals surface area contributed by atoms with Gasteiger partial charge in [-0.2, -0.15) is 4.98 Å². The van der Waals surface area contributed by atoms with E-state index >= 15 is 0 Å². The molecule has 3 rings (SSSR count). The van der Waals surface area contributed by atoms with Gasteiger partial charge in [-0.15, -0.1) is 0 Å². The summed E-state index contributed by atoms with van der Waals surface area (Å²) in [5, 5.41) is 36.7. The number of rotatable bonds is 14. The van der Waals surface area contributed by atoms with Crippen molar-refractivity contribution in [2.24, 2.45) is 10.5 Å². The van der Waals surface area contributed by atoms with Crippen molar-refractivity contribution in [1.82, 2.24) is 14.6 Å². The highest BCUT2D eigenvalue weighted by Crippen LogP contribution is 2.48. The third-order valence-electron chi connectivity index (χ3n) is 6.03. The lowest BCUT2D eigenvalue weighted by Gasteiger charge is -2.29.